The number of benzene rings is 2. The van der Waals surface area contributed by atoms with Gasteiger partial charge in [0.15, 0.2) is 21.3 Å². The van der Waals surface area contributed by atoms with Crippen molar-refractivity contribution in [2.24, 2.45) is 0 Å². The number of methoxy groups -OCH3 is 1. The summed E-state index contributed by atoms with van der Waals surface area (Å²) < 4.78 is 58.4. The number of nitrogens with one attached hydrogen (secondary N) is 1. The Morgan fingerprint density at radius 2 is 1.84 bits per heavy atom. The van der Waals surface area contributed by atoms with E-state index in [0.717, 1.165) is 12.7 Å². The average Bonchev–Trinajstić information content (AvgIpc) is 2.62. The molecule has 0 atom stereocenters. The number of nitrogens with zero attached hydrogens (tertiary/aromatic N) is 1. The van der Waals surface area contributed by atoms with E-state index in [0.29, 0.717) is 22.9 Å². The van der Waals surface area contributed by atoms with Crippen LogP contribution in [0.3, 0.4) is 0 Å². The summed E-state index contributed by atoms with van der Waals surface area (Å²) in [4.78, 5) is -0.790. The lowest BCUT2D eigenvalue weighted by Crippen LogP contribution is -2.32. The van der Waals surface area contributed by atoms with E-state index in [1.165, 1.54) is 31.4 Å². The zero-order chi connectivity index (χ0) is 23.2. The number of anilines is 1. The van der Waals surface area contributed by atoms with Crippen LogP contribution in [0.1, 0.15) is 24.8 Å². The van der Waals surface area contributed by atoms with Gasteiger partial charge in [0.2, 0.25) is 0 Å². The van der Waals surface area contributed by atoms with Crippen LogP contribution in [-0.4, -0.2) is 35.3 Å². The molecular weight excluding hydrogens is 532 g/mol. The van der Waals surface area contributed by atoms with Crippen molar-refractivity contribution in [3.8, 4) is 17.6 Å². The van der Waals surface area contributed by atoms with Gasteiger partial charge in [0.25, 0.3) is 10.0 Å². The van der Waals surface area contributed by atoms with Crippen LogP contribution >= 0.6 is 27.5 Å². The van der Waals surface area contributed by atoms with Crippen molar-refractivity contribution in [1.29, 1.82) is 5.26 Å². The molecule has 0 heterocycles. The van der Waals surface area contributed by atoms with Crippen molar-refractivity contribution in [3.63, 3.8) is 0 Å². The average molecular weight is 550 g/mol. The van der Waals surface area contributed by atoms with E-state index >= 15 is 0 Å². The highest BCUT2D eigenvalue weighted by atomic mass is 79.9. The van der Waals surface area contributed by atoms with Crippen LogP contribution < -0.4 is 9.46 Å². The van der Waals surface area contributed by atoms with Crippen molar-refractivity contribution < 1.29 is 26.7 Å². The molecule has 166 valence electrons. The quantitative estimate of drug-likeness (QED) is 0.521. The summed E-state index contributed by atoms with van der Waals surface area (Å²) in [6, 6.07) is 7.41. The molecule has 0 unspecified atom stereocenters. The van der Waals surface area contributed by atoms with E-state index in [4.69, 9.17) is 16.3 Å². The van der Waals surface area contributed by atoms with Gasteiger partial charge in [0, 0.05) is 10.7 Å². The number of rotatable bonds is 6. The molecule has 1 saturated carbocycles. The smallest absolute Gasteiger partial charge is 0.265 e. The molecular formula is C19H18BrClN2O6S2. The fourth-order valence-electron chi connectivity index (χ4n) is 3.37. The number of phenolic OH excluding ortho intramolecular Hbond substituents is 1. The number of aromatic hydroxyl groups is 1. The number of sulfonamides is 1. The SMILES string of the molecule is COc1c(Cl)cc(Br)cc1S(=O)(=O)Nc1cc(C2(C#N)CCC2)cc(S(C)(=O)=O)c1O. The van der Waals surface area contributed by atoms with Crippen molar-refractivity contribution in [1.82, 2.24) is 0 Å². The van der Waals surface area contributed by atoms with Crippen LogP contribution in [0.25, 0.3) is 0 Å². The van der Waals surface area contributed by atoms with Gasteiger partial charge < -0.3 is 9.84 Å². The molecule has 1 aliphatic rings. The molecule has 0 aliphatic heterocycles. The van der Waals surface area contributed by atoms with E-state index in [-0.39, 0.29) is 21.4 Å². The van der Waals surface area contributed by atoms with Crippen LogP contribution in [0.4, 0.5) is 5.69 Å². The zero-order valence-corrected chi connectivity index (χ0v) is 20.4. The van der Waals surface area contributed by atoms with E-state index in [1.807, 2.05) is 0 Å². The maximum absolute atomic E-state index is 13.1. The minimum Gasteiger partial charge on any atom is -0.504 e. The number of hydrogen-bond acceptors (Lipinski definition) is 7. The topological polar surface area (TPSA) is 134 Å². The number of hydrogen-bond donors (Lipinski definition) is 2. The van der Waals surface area contributed by atoms with Crippen LogP contribution in [0.5, 0.6) is 11.5 Å². The van der Waals surface area contributed by atoms with Crippen molar-refractivity contribution in [2.75, 3.05) is 18.1 Å². The third kappa shape index (κ3) is 4.35. The Kier molecular flexibility index (Phi) is 6.23. The minimum atomic E-state index is -4.37. The summed E-state index contributed by atoms with van der Waals surface area (Å²) >= 11 is 9.25. The summed E-state index contributed by atoms with van der Waals surface area (Å²) in [5, 5.41) is 20.2. The van der Waals surface area contributed by atoms with Gasteiger partial charge in [-0.05, 0) is 49.1 Å². The van der Waals surface area contributed by atoms with Crippen molar-refractivity contribution >= 4 is 53.1 Å². The Hall–Kier alpha value is -2.00. The molecule has 0 saturated heterocycles. The first-order valence-corrected chi connectivity index (χ1v) is 13.4. The Morgan fingerprint density at radius 1 is 1.19 bits per heavy atom. The largest absolute Gasteiger partial charge is 0.504 e. The molecule has 0 aromatic heterocycles. The highest BCUT2D eigenvalue weighted by Crippen LogP contribution is 2.47. The third-order valence-electron chi connectivity index (χ3n) is 5.16. The zero-order valence-electron chi connectivity index (χ0n) is 16.4. The molecule has 0 spiro atoms. The van der Waals surface area contributed by atoms with E-state index < -0.39 is 35.9 Å². The van der Waals surface area contributed by atoms with Gasteiger partial charge >= 0.3 is 0 Å². The highest BCUT2D eigenvalue weighted by molar-refractivity contribution is 9.10. The Labute approximate surface area is 193 Å². The normalized spacial score (nSPS) is 15.6. The van der Waals surface area contributed by atoms with E-state index in [2.05, 4.69) is 26.7 Å². The number of ether oxygens (including phenoxy) is 1. The summed E-state index contributed by atoms with van der Waals surface area (Å²) in [6.45, 7) is 0. The number of nitriles is 1. The van der Waals surface area contributed by atoms with Gasteiger partial charge in [-0.1, -0.05) is 27.5 Å². The van der Waals surface area contributed by atoms with Gasteiger partial charge in [-0.15, -0.1) is 0 Å². The first-order chi connectivity index (χ1) is 14.3. The number of sulfone groups is 1. The summed E-state index contributed by atoms with van der Waals surface area (Å²) in [5.41, 5.74) is -0.988. The summed E-state index contributed by atoms with van der Waals surface area (Å²) in [5.74, 6) is -0.883. The molecule has 0 bridgehead atoms. The lowest BCUT2D eigenvalue weighted by atomic mass is 9.65. The molecule has 31 heavy (non-hydrogen) atoms. The van der Waals surface area contributed by atoms with E-state index in [1.54, 1.807) is 0 Å². The van der Waals surface area contributed by atoms with Crippen LogP contribution in [0, 0.1) is 11.3 Å². The molecule has 3 rings (SSSR count). The second kappa shape index (κ2) is 8.16. The second-order valence-electron chi connectivity index (χ2n) is 7.21. The second-order valence-corrected chi connectivity index (χ2v) is 12.2. The van der Waals surface area contributed by atoms with Gasteiger partial charge in [-0.3, -0.25) is 4.72 Å². The van der Waals surface area contributed by atoms with Gasteiger partial charge in [0.1, 0.15) is 9.79 Å². The van der Waals surface area contributed by atoms with Crippen LogP contribution in [0.2, 0.25) is 5.02 Å². The van der Waals surface area contributed by atoms with Crippen molar-refractivity contribution in [3.05, 3.63) is 39.3 Å². The lowest BCUT2D eigenvalue weighted by molar-refractivity contribution is 0.323. The minimum absolute atomic E-state index is 0.0324. The standard InChI is InChI=1S/C19H18BrClN2O6S2/c1-29-18-13(21)8-12(20)9-16(18)31(27,28)23-14-6-11(19(10-22)4-3-5-19)7-15(17(14)24)30(2,25)26/h6-9,23-24H,3-5H2,1-2H3. The summed E-state index contributed by atoms with van der Waals surface area (Å²) in [6.07, 6.45) is 2.66. The summed E-state index contributed by atoms with van der Waals surface area (Å²) in [7, 11) is -7.04. The van der Waals surface area contributed by atoms with E-state index in [9.17, 15) is 27.2 Å². The molecule has 1 fully saturated rings. The molecule has 2 aromatic rings. The Balaban J connectivity index is 2.21. The van der Waals surface area contributed by atoms with Crippen LogP contribution in [-0.2, 0) is 25.3 Å². The molecule has 2 N–H and O–H groups in total. The fraction of sp³-hybridized carbons (Fsp3) is 0.316. The van der Waals surface area contributed by atoms with Crippen molar-refractivity contribution in [2.45, 2.75) is 34.5 Å². The first-order valence-electron chi connectivity index (χ1n) is 8.89. The maximum atomic E-state index is 13.1. The van der Waals surface area contributed by atoms with Crippen LogP contribution in [0.15, 0.2) is 38.5 Å². The molecule has 0 radical (unpaired) electrons. The van der Waals surface area contributed by atoms with Gasteiger partial charge in [-0.25, -0.2) is 16.8 Å². The first kappa shape index (κ1) is 23.7. The molecule has 12 heteroatoms. The van der Waals surface area contributed by atoms with Gasteiger partial charge in [-0.2, -0.15) is 5.26 Å². The fourth-order valence-corrected chi connectivity index (χ4v) is 6.54. The Bertz CT molecular complexity index is 1320. The Morgan fingerprint density at radius 3 is 2.32 bits per heavy atom. The molecule has 0 amide bonds. The molecule has 1 aliphatic carbocycles. The lowest BCUT2D eigenvalue weighted by Gasteiger charge is -2.36. The predicted molar refractivity (Wildman–Crippen MR) is 119 cm³/mol. The molecule has 2 aromatic carbocycles. The molecule has 8 nitrogen and oxygen atoms in total. The monoisotopic (exact) mass is 548 g/mol. The third-order valence-corrected chi connectivity index (χ3v) is 8.38. The highest BCUT2D eigenvalue weighted by Gasteiger charge is 2.40. The predicted octanol–water partition coefficient (Wildman–Crippen LogP) is 3.97. The maximum Gasteiger partial charge on any atom is 0.265 e. The number of halogens is 2. The van der Waals surface area contributed by atoms with Gasteiger partial charge in [0.05, 0.1) is 29.3 Å². The number of phenols is 1.